The number of pyridine rings is 1. The smallest absolute Gasteiger partial charge is 0.392 e. The average molecular weight is 357 g/mol. The predicted octanol–water partition coefficient (Wildman–Crippen LogP) is 1.86. The lowest BCUT2D eigenvalue weighted by atomic mass is 9.78. The fourth-order valence-corrected chi connectivity index (χ4v) is 3.94. The summed E-state index contributed by atoms with van der Waals surface area (Å²) in [6, 6.07) is 0.922. The molecule has 3 N–H and O–H groups in total. The Balaban J connectivity index is 1.85. The van der Waals surface area contributed by atoms with E-state index in [2.05, 4.69) is 4.98 Å². The summed E-state index contributed by atoms with van der Waals surface area (Å²) in [7, 11) is 0. The number of aliphatic hydroxyl groups is 1. The normalized spacial score (nSPS) is 27.9. The zero-order chi connectivity index (χ0) is 18.4. The largest absolute Gasteiger partial charge is 0.417 e. The second-order valence-electron chi connectivity index (χ2n) is 7.14. The number of hydrogen-bond donors (Lipinski definition) is 2. The van der Waals surface area contributed by atoms with Crippen molar-refractivity contribution in [3.63, 3.8) is 0 Å². The van der Waals surface area contributed by atoms with Gasteiger partial charge in [-0.25, -0.2) is 0 Å². The van der Waals surface area contributed by atoms with E-state index in [1.165, 1.54) is 4.90 Å². The highest BCUT2D eigenvalue weighted by atomic mass is 19.4. The maximum Gasteiger partial charge on any atom is 0.417 e. The molecule has 0 aromatic carbocycles. The number of amides is 1. The van der Waals surface area contributed by atoms with Crippen molar-refractivity contribution in [2.75, 3.05) is 6.54 Å². The first-order chi connectivity index (χ1) is 11.6. The van der Waals surface area contributed by atoms with E-state index in [4.69, 9.17) is 5.73 Å². The van der Waals surface area contributed by atoms with Gasteiger partial charge in [-0.05, 0) is 37.8 Å². The summed E-state index contributed by atoms with van der Waals surface area (Å²) >= 11 is 0. The zero-order valence-corrected chi connectivity index (χ0v) is 14.0. The SMILES string of the molecule is CC(O)[C@]1(C(=O)N2CCc3ncc(C(F)(F)F)cc3C2)CC[C@@H](N)C1. The van der Waals surface area contributed by atoms with Crippen LogP contribution in [0.2, 0.25) is 0 Å². The van der Waals surface area contributed by atoms with E-state index < -0.39 is 23.3 Å². The van der Waals surface area contributed by atoms with Crippen LogP contribution in [-0.4, -0.2) is 39.6 Å². The monoisotopic (exact) mass is 357 g/mol. The van der Waals surface area contributed by atoms with Gasteiger partial charge in [0.2, 0.25) is 5.91 Å². The van der Waals surface area contributed by atoms with Crippen LogP contribution < -0.4 is 5.73 Å². The number of aliphatic hydroxyl groups excluding tert-OH is 1. The quantitative estimate of drug-likeness (QED) is 0.847. The number of fused-ring (bicyclic) bond motifs is 1. The Morgan fingerprint density at radius 3 is 2.80 bits per heavy atom. The van der Waals surface area contributed by atoms with E-state index in [1.54, 1.807) is 6.92 Å². The van der Waals surface area contributed by atoms with Crippen molar-refractivity contribution in [3.05, 3.63) is 29.1 Å². The fourth-order valence-electron chi connectivity index (χ4n) is 3.94. The van der Waals surface area contributed by atoms with Gasteiger partial charge in [-0.3, -0.25) is 9.78 Å². The number of hydrogen-bond acceptors (Lipinski definition) is 4. The second kappa shape index (κ2) is 6.25. The summed E-state index contributed by atoms with van der Waals surface area (Å²) in [4.78, 5) is 18.5. The molecule has 3 rings (SSSR count). The minimum absolute atomic E-state index is 0.0782. The molecule has 1 aliphatic carbocycles. The number of carbonyl (C=O) groups excluding carboxylic acids is 1. The minimum atomic E-state index is -4.46. The molecule has 1 amide bonds. The highest BCUT2D eigenvalue weighted by Crippen LogP contribution is 2.43. The van der Waals surface area contributed by atoms with Gasteiger partial charge in [0.05, 0.1) is 17.1 Å². The molecule has 3 atom stereocenters. The number of rotatable bonds is 2. The lowest BCUT2D eigenvalue weighted by Crippen LogP contribution is -2.50. The lowest BCUT2D eigenvalue weighted by Gasteiger charge is -2.38. The molecule has 0 bridgehead atoms. The molecular formula is C17H22F3N3O2. The average Bonchev–Trinajstić information content (AvgIpc) is 2.95. The third-order valence-electron chi connectivity index (χ3n) is 5.47. The molecule has 1 saturated carbocycles. The van der Waals surface area contributed by atoms with Crippen LogP contribution in [-0.2, 0) is 23.9 Å². The van der Waals surface area contributed by atoms with Crippen molar-refractivity contribution >= 4 is 5.91 Å². The van der Waals surface area contributed by atoms with Crippen LogP contribution in [0.25, 0.3) is 0 Å². The number of aromatic nitrogens is 1. The molecule has 2 aliphatic rings. The Bertz CT molecular complexity index is 678. The van der Waals surface area contributed by atoms with Gasteiger partial charge >= 0.3 is 6.18 Å². The molecular weight excluding hydrogens is 335 g/mol. The summed E-state index contributed by atoms with van der Waals surface area (Å²) < 4.78 is 38.7. The first kappa shape index (κ1) is 18.1. The Morgan fingerprint density at radius 1 is 1.52 bits per heavy atom. The van der Waals surface area contributed by atoms with Gasteiger partial charge < -0.3 is 15.7 Å². The van der Waals surface area contributed by atoms with Crippen LogP contribution in [0, 0.1) is 5.41 Å². The van der Waals surface area contributed by atoms with Gasteiger partial charge in [0.15, 0.2) is 0 Å². The summed E-state index contributed by atoms with van der Waals surface area (Å²) in [5.41, 5.74) is 5.20. The highest BCUT2D eigenvalue weighted by Gasteiger charge is 2.50. The van der Waals surface area contributed by atoms with Crippen molar-refractivity contribution in [2.45, 2.75) is 57.5 Å². The fraction of sp³-hybridized carbons (Fsp3) is 0.647. The minimum Gasteiger partial charge on any atom is -0.392 e. The maximum atomic E-state index is 13.1. The molecule has 1 fully saturated rings. The third kappa shape index (κ3) is 3.25. The van der Waals surface area contributed by atoms with E-state index in [-0.39, 0.29) is 18.5 Å². The van der Waals surface area contributed by atoms with Crippen LogP contribution in [0.5, 0.6) is 0 Å². The second-order valence-corrected chi connectivity index (χ2v) is 7.14. The van der Waals surface area contributed by atoms with E-state index in [0.717, 1.165) is 12.3 Å². The first-order valence-electron chi connectivity index (χ1n) is 8.41. The third-order valence-corrected chi connectivity index (χ3v) is 5.47. The topological polar surface area (TPSA) is 79.5 Å². The van der Waals surface area contributed by atoms with Crippen molar-refractivity contribution in [1.82, 2.24) is 9.88 Å². The molecule has 0 radical (unpaired) electrons. The van der Waals surface area contributed by atoms with Gasteiger partial charge in [0.1, 0.15) is 0 Å². The molecule has 0 saturated heterocycles. The molecule has 1 aliphatic heterocycles. The Hall–Kier alpha value is -1.67. The number of nitrogens with two attached hydrogens (primary N) is 1. The number of halogens is 3. The van der Waals surface area contributed by atoms with E-state index in [9.17, 15) is 23.1 Å². The van der Waals surface area contributed by atoms with Crippen LogP contribution in [0.4, 0.5) is 13.2 Å². The molecule has 1 aromatic rings. The highest BCUT2D eigenvalue weighted by molar-refractivity contribution is 5.84. The molecule has 1 unspecified atom stereocenters. The van der Waals surface area contributed by atoms with E-state index in [0.29, 0.717) is 43.5 Å². The summed E-state index contributed by atoms with van der Waals surface area (Å²) in [6.07, 6.45) is -2.53. The number of nitrogens with zero attached hydrogens (tertiary/aromatic N) is 2. The molecule has 1 aromatic heterocycles. The van der Waals surface area contributed by atoms with Crippen LogP contribution in [0.1, 0.15) is 43.0 Å². The lowest BCUT2D eigenvalue weighted by molar-refractivity contribution is -0.149. The van der Waals surface area contributed by atoms with Crippen molar-refractivity contribution in [2.24, 2.45) is 11.1 Å². The van der Waals surface area contributed by atoms with Crippen LogP contribution >= 0.6 is 0 Å². The van der Waals surface area contributed by atoms with Crippen LogP contribution in [0.3, 0.4) is 0 Å². The van der Waals surface area contributed by atoms with Gasteiger partial charge in [-0.1, -0.05) is 0 Å². The van der Waals surface area contributed by atoms with Crippen LogP contribution in [0.15, 0.2) is 12.3 Å². The molecule has 5 nitrogen and oxygen atoms in total. The van der Waals surface area contributed by atoms with E-state index in [1.807, 2.05) is 0 Å². The molecule has 8 heteroatoms. The Labute approximate surface area is 144 Å². The van der Waals surface area contributed by atoms with Gasteiger partial charge in [0.25, 0.3) is 0 Å². The first-order valence-corrected chi connectivity index (χ1v) is 8.41. The summed E-state index contributed by atoms with van der Waals surface area (Å²) in [5, 5.41) is 10.2. The standard InChI is InChI=1S/C17H22F3N3O2/c1-10(24)16(4-2-13(21)7-16)15(25)23-5-3-14-11(9-23)6-12(8-22-14)17(18,19)20/h6,8,10,13,24H,2-5,7,9,21H2,1H3/t10?,13-,16+/m1/s1. The molecule has 2 heterocycles. The maximum absolute atomic E-state index is 13.1. The Kier molecular flexibility index (Phi) is 4.53. The van der Waals surface area contributed by atoms with Crippen molar-refractivity contribution in [1.29, 1.82) is 0 Å². The van der Waals surface area contributed by atoms with Gasteiger partial charge in [-0.15, -0.1) is 0 Å². The number of carbonyl (C=O) groups is 1. The zero-order valence-electron chi connectivity index (χ0n) is 14.0. The van der Waals surface area contributed by atoms with E-state index >= 15 is 0 Å². The van der Waals surface area contributed by atoms with Crippen molar-refractivity contribution < 1.29 is 23.1 Å². The molecule has 0 spiro atoms. The van der Waals surface area contributed by atoms with Gasteiger partial charge in [-0.2, -0.15) is 13.2 Å². The van der Waals surface area contributed by atoms with Gasteiger partial charge in [0, 0.05) is 37.4 Å². The molecule has 25 heavy (non-hydrogen) atoms. The van der Waals surface area contributed by atoms with Crippen molar-refractivity contribution in [3.8, 4) is 0 Å². The summed E-state index contributed by atoms with van der Waals surface area (Å²) in [6.45, 7) is 2.04. The predicted molar refractivity (Wildman–Crippen MR) is 84.3 cm³/mol. The Morgan fingerprint density at radius 2 is 2.24 bits per heavy atom. The molecule has 138 valence electrons. The summed E-state index contributed by atoms with van der Waals surface area (Å²) in [5.74, 6) is -0.224. The number of alkyl halides is 3.